The zero-order valence-corrected chi connectivity index (χ0v) is 11.9. The van der Waals surface area contributed by atoms with Crippen molar-refractivity contribution < 1.29 is 4.79 Å². The summed E-state index contributed by atoms with van der Waals surface area (Å²) in [6, 6.07) is 10.7. The minimum absolute atomic E-state index is 0.0540. The predicted octanol–water partition coefficient (Wildman–Crippen LogP) is 2.06. The molecule has 3 nitrogen and oxygen atoms in total. The van der Waals surface area contributed by atoms with Gasteiger partial charge in [0.25, 0.3) is 0 Å². The number of nitrogens with zero attached hydrogens (tertiary/aromatic N) is 1. The maximum Gasteiger partial charge on any atom is 0.240 e. The number of rotatable bonds is 2. The molecule has 0 bridgehead atoms. The molecule has 1 N–H and O–H groups in total. The molecule has 0 spiro atoms. The molecule has 2 saturated heterocycles. The molecule has 1 aromatic carbocycles. The maximum atomic E-state index is 12.3. The molecule has 3 rings (SSSR count). The van der Waals surface area contributed by atoms with Gasteiger partial charge >= 0.3 is 0 Å². The van der Waals surface area contributed by atoms with Crippen LogP contribution in [0.2, 0.25) is 0 Å². The van der Waals surface area contributed by atoms with Crippen molar-refractivity contribution in [2.75, 3.05) is 24.7 Å². The van der Waals surface area contributed by atoms with Crippen LogP contribution in [0, 0.1) is 0 Å². The average Bonchev–Trinajstić information content (AvgIpc) is 3.02. The van der Waals surface area contributed by atoms with Crippen LogP contribution in [0.15, 0.2) is 30.3 Å². The molecule has 1 atom stereocenters. The van der Waals surface area contributed by atoms with E-state index >= 15 is 0 Å². The molecule has 2 fully saturated rings. The lowest BCUT2D eigenvalue weighted by molar-refractivity contribution is -0.133. The fourth-order valence-corrected chi connectivity index (χ4v) is 3.87. The van der Waals surface area contributed by atoms with Crippen LogP contribution in [0.3, 0.4) is 0 Å². The van der Waals surface area contributed by atoms with Crippen molar-refractivity contribution in [3.05, 3.63) is 35.9 Å². The molecule has 1 aromatic rings. The van der Waals surface area contributed by atoms with Gasteiger partial charge in [-0.25, -0.2) is 0 Å². The minimum atomic E-state index is 0.0540. The third kappa shape index (κ3) is 2.95. The van der Waals surface area contributed by atoms with Crippen LogP contribution in [0.5, 0.6) is 0 Å². The molecule has 2 aliphatic heterocycles. The summed E-state index contributed by atoms with van der Waals surface area (Å²) in [6.07, 6.45) is 2.19. The van der Waals surface area contributed by atoms with Crippen LogP contribution in [0.25, 0.3) is 0 Å². The third-order valence-electron chi connectivity index (χ3n) is 4.09. The summed E-state index contributed by atoms with van der Waals surface area (Å²) in [6.45, 7) is 1.81. The highest BCUT2D eigenvalue weighted by molar-refractivity contribution is 7.99. The molecule has 0 saturated carbocycles. The number of hydrogen-bond acceptors (Lipinski definition) is 3. The number of amides is 1. The number of carbonyl (C=O) groups is 1. The topological polar surface area (TPSA) is 32.3 Å². The summed E-state index contributed by atoms with van der Waals surface area (Å²) in [5, 5.41) is 3.27. The smallest absolute Gasteiger partial charge is 0.240 e. The number of carbonyl (C=O) groups excluding carboxylic acids is 1. The highest BCUT2D eigenvalue weighted by Gasteiger charge is 2.30. The number of likely N-dealkylation sites (tertiary alicyclic amines) is 1. The van der Waals surface area contributed by atoms with Crippen molar-refractivity contribution in [1.29, 1.82) is 0 Å². The summed E-state index contributed by atoms with van der Waals surface area (Å²) < 4.78 is 0. The second kappa shape index (κ2) is 5.97. The highest BCUT2D eigenvalue weighted by Crippen LogP contribution is 2.28. The van der Waals surface area contributed by atoms with E-state index in [1.54, 1.807) is 0 Å². The second-order valence-corrected chi connectivity index (χ2v) is 6.31. The van der Waals surface area contributed by atoms with E-state index in [1.807, 2.05) is 16.7 Å². The van der Waals surface area contributed by atoms with Crippen molar-refractivity contribution in [3.63, 3.8) is 0 Å². The molecule has 1 unspecified atom stereocenters. The van der Waals surface area contributed by atoms with Gasteiger partial charge in [-0.15, -0.1) is 11.8 Å². The van der Waals surface area contributed by atoms with Gasteiger partial charge in [-0.2, -0.15) is 0 Å². The van der Waals surface area contributed by atoms with E-state index in [-0.39, 0.29) is 6.04 Å². The molecule has 0 aliphatic carbocycles. The Hall–Kier alpha value is -1.00. The Bertz CT molecular complexity index is 423. The first-order valence-corrected chi connectivity index (χ1v) is 8.15. The molecule has 1 amide bonds. The van der Waals surface area contributed by atoms with Crippen LogP contribution in [0.4, 0.5) is 0 Å². The number of hydrogen-bond donors (Lipinski definition) is 1. The molecular formula is C15H20N2OS. The zero-order valence-electron chi connectivity index (χ0n) is 11.0. The van der Waals surface area contributed by atoms with Gasteiger partial charge in [0.1, 0.15) is 0 Å². The van der Waals surface area contributed by atoms with E-state index in [9.17, 15) is 4.79 Å². The first kappa shape index (κ1) is 13.0. The van der Waals surface area contributed by atoms with E-state index in [2.05, 4.69) is 35.6 Å². The van der Waals surface area contributed by atoms with Gasteiger partial charge in [-0.3, -0.25) is 10.1 Å². The molecule has 0 radical (unpaired) electrons. The van der Waals surface area contributed by atoms with E-state index in [0.717, 1.165) is 37.6 Å². The Morgan fingerprint density at radius 1 is 1.21 bits per heavy atom. The Labute approximate surface area is 118 Å². The number of piperidine rings is 1. The van der Waals surface area contributed by atoms with E-state index in [1.165, 1.54) is 5.56 Å². The van der Waals surface area contributed by atoms with Crippen molar-refractivity contribution in [3.8, 4) is 0 Å². The Morgan fingerprint density at radius 3 is 2.58 bits per heavy atom. The first-order chi connectivity index (χ1) is 9.34. The second-order valence-electron chi connectivity index (χ2n) is 5.28. The summed E-state index contributed by atoms with van der Waals surface area (Å²) in [5.74, 6) is 2.77. The van der Waals surface area contributed by atoms with E-state index in [0.29, 0.717) is 11.8 Å². The maximum absolute atomic E-state index is 12.3. The molecule has 4 heteroatoms. The number of thioether (sulfide) groups is 1. The molecule has 19 heavy (non-hydrogen) atoms. The van der Waals surface area contributed by atoms with Crippen LogP contribution < -0.4 is 5.32 Å². The number of nitrogens with one attached hydrogen (secondary N) is 1. The van der Waals surface area contributed by atoms with Crippen molar-refractivity contribution in [1.82, 2.24) is 10.2 Å². The fourth-order valence-electron chi connectivity index (χ4n) is 2.93. The molecular weight excluding hydrogens is 256 g/mol. The average molecular weight is 276 g/mol. The van der Waals surface area contributed by atoms with Gasteiger partial charge in [0, 0.05) is 24.7 Å². The normalized spacial score (nSPS) is 24.6. The summed E-state index contributed by atoms with van der Waals surface area (Å²) in [4.78, 5) is 14.3. The summed E-state index contributed by atoms with van der Waals surface area (Å²) in [5.41, 5.74) is 1.42. The van der Waals surface area contributed by atoms with Gasteiger partial charge in [0.15, 0.2) is 0 Å². The third-order valence-corrected chi connectivity index (χ3v) is 5.03. The van der Waals surface area contributed by atoms with Crippen LogP contribution >= 0.6 is 11.8 Å². The minimum Gasteiger partial charge on any atom is -0.341 e. The van der Waals surface area contributed by atoms with Crippen LogP contribution in [-0.2, 0) is 4.79 Å². The summed E-state index contributed by atoms with van der Waals surface area (Å²) >= 11 is 1.81. The molecule has 2 aliphatic rings. The monoisotopic (exact) mass is 276 g/mol. The lowest BCUT2D eigenvalue weighted by Crippen LogP contribution is -2.47. The largest absolute Gasteiger partial charge is 0.341 e. The molecule has 102 valence electrons. The summed E-state index contributed by atoms with van der Waals surface area (Å²) in [7, 11) is 0. The highest BCUT2D eigenvalue weighted by atomic mass is 32.2. The lowest BCUT2D eigenvalue weighted by atomic mass is 9.89. The SMILES string of the molecule is O=C(C1CSCN1)N1CCC(c2ccccc2)CC1. The Balaban J connectivity index is 1.56. The standard InChI is InChI=1S/C15H20N2OS/c18-15(14-10-19-11-16-14)17-8-6-13(7-9-17)12-4-2-1-3-5-12/h1-5,13-14,16H,6-11H2. The molecule has 0 aromatic heterocycles. The van der Waals surface area contributed by atoms with E-state index in [4.69, 9.17) is 0 Å². The zero-order chi connectivity index (χ0) is 13.1. The van der Waals surface area contributed by atoms with Gasteiger partial charge in [0.2, 0.25) is 5.91 Å². The van der Waals surface area contributed by atoms with Crippen molar-refractivity contribution in [2.45, 2.75) is 24.8 Å². The van der Waals surface area contributed by atoms with Crippen molar-refractivity contribution >= 4 is 17.7 Å². The van der Waals surface area contributed by atoms with Gasteiger partial charge in [-0.05, 0) is 24.3 Å². The number of benzene rings is 1. The predicted molar refractivity (Wildman–Crippen MR) is 79.2 cm³/mol. The van der Waals surface area contributed by atoms with Crippen molar-refractivity contribution in [2.24, 2.45) is 0 Å². The quantitative estimate of drug-likeness (QED) is 0.897. The van der Waals surface area contributed by atoms with Crippen LogP contribution in [-0.4, -0.2) is 41.6 Å². The van der Waals surface area contributed by atoms with Crippen LogP contribution in [0.1, 0.15) is 24.3 Å². The first-order valence-electron chi connectivity index (χ1n) is 6.99. The van der Waals surface area contributed by atoms with Gasteiger partial charge < -0.3 is 4.90 Å². The van der Waals surface area contributed by atoms with Gasteiger partial charge in [-0.1, -0.05) is 30.3 Å². The Morgan fingerprint density at radius 2 is 1.95 bits per heavy atom. The Kier molecular flexibility index (Phi) is 4.09. The lowest BCUT2D eigenvalue weighted by Gasteiger charge is -2.33. The fraction of sp³-hybridized carbons (Fsp3) is 0.533. The van der Waals surface area contributed by atoms with Gasteiger partial charge in [0.05, 0.1) is 6.04 Å². The molecule has 2 heterocycles. The van der Waals surface area contributed by atoms with E-state index < -0.39 is 0 Å².